The van der Waals surface area contributed by atoms with Crippen LogP contribution in [0, 0.1) is 5.82 Å². The first kappa shape index (κ1) is 20.1. The first-order valence-electron chi connectivity index (χ1n) is 9.31. The van der Waals surface area contributed by atoms with Crippen molar-refractivity contribution in [1.29, 1.82) is 0 Å². The molecule has 0 bridgehead atoms. The molecule has 30 heavy (non-hydrogen) atoms. The Morgan fingerprint density at radius 1 is 1.10 bits per heavy atom. The van der Waals surface area contributed by atoms with Crippen molar-refractivity contribution in [2.75, 3.05) is 11.9 Å². The maximum atomic E-state index is 13.1. The van der Waals surface area contributed by atoms with Crippen LogP contribution in [0.25, 0.3) is 11.4 Å². The van der Waals surface area contributed by atoms with Crippen molar-refractivity contribution < 1.29 is 17.6 Å². The Kier molecular flexibility index (Phi) is 5.31. The SMILES string of the molecule is CC(=O)Nc1ccc(S(=O)(=O)N2CCc3nc(-c4ccc(F)cc4)ncc3C2)cc1. The van der Waals surface area contributed by atoms with Gasteiger partial charge in [-0.3, -0.25) is 4.79 Å². The number of halogens is 1. The lowest BCUT2D eigenvalue weighted by atomic mass is 10.1. The second kappa shape index (κ2) is 7.92. The minimum atomic E-state index is -3.69. The van der Waals surface area contributed by atoms with Crippen LogP contribution in [0.2, 0.25) is 0 Å². The van der Waals surface area contributed by atoms with E-state index in [2.05, 4.69) is 15.3 Å². The fourth-order valence-corrected chi connectivity index (χ4v) is 4.71. The van der Waals surface area contributed by atoms with Crippen LogP contribution in [0.1, 0.15) is 18.2 Å². The Labute approximate surface area is 173 Å². The zero-order valence-corrected chi connectivity index (χ0v) is 17.0. The molecule has 1 aliphatic rings. The lowest BCUT2D eigenvalue weighted by Gasteiger charge is -2.27. The Balaban J connectivity index is 1.54. The van der Waals surface area contributed by atoms with E-state index in [1.807, 2.05) is 0 Å². The first-order valence-corrected chi connectivity index (χ1v) is 10.8. The Morgan fingerprint density at radius 2 is 1.80 bits per heavy atom. The number of aromatic nitrogens is 2. The van der Waals surface area contributed by atoms with E-state index >= 15 is 0 Å². The van der Waals surface area contributed by atoms with Gasteiger partial charge in [0.1, 0.15) is 5.82 Å². The molecule has 0 radical (unpaired) electrons. The number of hydrogen-bond donors (Lipinski definition) is 1. The molecule has 1 aromatic heterocycles. The highest BCUT2D eigenvalue weighted by Crippen LogP contribution is 2.26. The number of amides is 1. The fraction of sp³-hybridized carbons (Fsp3) is 0.190. The molecule has 0 saturated heterocycles. The summed E-state index contributed by atoms with van der Waals surface area (Å²) in [5, 5.41) is 2.61. The molecule has 0 atom stereocenters. The summed E-state index contributed by atoms with van der Waals surface area (Å²) in [6.45, 7) is 1.86. The average Bonchev–Trinajstić information content (AvgIpc) is 2.73. The van der Waals surface area contributed by atoms with Crippen molar-refractivity contribution in [3.63, 3.8) is 0 Å². The van der Waals surface area contributed by atoms with Gasteiger partial charge in [0, 0.05) is 49.4 Å². The molecule has 4 rings (SSSR count). The van der Waals surface area contributed by atoms with E-state index in [4.69, 9.17) is 0 Å². The zero-order chi connectivity index (χ0) is 21.3. The highest BCUT2D eigenvalue weighted by molar-refractivity contribution is 7.89. The molecule has 1 amide bonds. The van der Waals surface area contributed by atoms with E-state index in [-0.39, 0.29) is 23.2 Å². The largest absolute Gasteiger partial charge is 0.326 e. The molecule has 0 aliphatic carbocycles. The summed E-state index contributed by atoms with van der Waals surface area (Å²) in [5.41, 5.74) is 2.77. The number of anilines is 1. The molecule has 9 heteroatoms. The number of hydrogen-bond acceptors (Lipinski definition) is 5. The number of nitrogens with one attached hydrogen (secondary N) is 1. The lowest BCUT2D eigenvalue weighted by molar-refractivity contribution is -0.114. The van der Waals surface area contributed by atoms with Crippen LogP contribution in [-0.2, 0) is 27.8 Å². The number of carbonyl (C=O) groups is 1. The van der Waals surface area contributed by atoms with Crippen LogP contribution < -0.4 is 5.32 Å². The number of carbonyl (C=O) groups excluding carboxylic acids is 1. The first-order chi connectivity index (χ1) is 14.3. The topological polar surface area (TPSA) is 92.3 Å². The van der Waals surface area contributed by atoms with Crippen LogP contribution in [0.3, 0.4) is 0 Å². The van der Waals surface area contributed by atoms with Gasteiger partial charge in [0.2, 0.25) is 15.9 Å². The van der Waals surface area contributed by atoms with Crippen LogP contribution in [0.15, 0.2) is 59.6 Å². The smallest absolute Gasteiger partial charge is 0.243 e. The quantitative estimate of drug-likeness (QED) is 0.692. The van der Waals surface area contributed by atoms with Gasteiger partial charge in [-0.1, -0.05) is 0 Å². The minimum Gasteiger partial charge on any atom is -0.326 e. The molecule has 2 aromatic carbocycles. The highest BCUT2D eigenvalue weighted by atomic mass is 32.2. The van der Waals surface area contributed by atoms with E-state index in [0.29, 0.717) is 30.0 Å². The number of rotatable bonds is 4. The molecule has 0 saturated carbocycles. The van der Waals surface area contributed by atoms with E-state index in [1.54, 1.807) is 30.5 Å². The number of fused-ring (bicyclic) bond motifs is 1. The molecule has 0 unspecified atom stereocenters. The molecule has 3 aromatic rings. The Morgan fingerprint density at radius 3 is 2.47 bits per heavy atom. The van der Waals surface area contributed by atoms with Gasteiger partial charge in [-0.25, -0.2) is 22.8 Å². The van der Waals surface area contributed by atoms with Crippen LogP contribution in [0.5, 0.6) is 0 Å². The summed E-state index contributed by atoms with van der Waals surface area (Å²) in [5.74, 6) is -0.0699. The average molecular weight is 426 g/mol. The van der Waals surface area contributed by atoms with Crippen molar-refractivity contribution in [1.82, 2.24) is 14.3 Å². The minimum absolute atomic E-state index is 0.156. The van der Waals surface area contributed by atoms with Gasteiger partial charge < -0.3 is 5.32 Å². The molecule has 0 fully saturated rings. The second-order valence-electron chi connectivity index (χ2n) is 6.97. The predicted octanol–water partition coefficient (Wildman–Crippen LogP) is 2.99. The van der Waals surface area contributed by atoms with E-state index < -0.39 is 10.0 Å². The third kappa shape index (κ3) is 4.07. The van der Waals surface area contributed by atoms with Crippen molar-refractivity contribution in [3.8, 4) is 11.4 Å². The number of sulfonamides is 1. The molecule has 7 nitrogen and oxygen atoms in total. The number of benzene rings is 2. The van der Waals surface area contributed by atoms with Crippen molar-refractivity contribution in [3.05, 3.63) is 71.8 Å². The monoisotopic (exact) mass is 426 g/mol. The maximum absolute atomic E-state index is 13.1. The second-order valence-corrected chi connectivity index (χ2v) is 8.90. The summed E-state index contributed by atoms with van der Waals surface area (Å²) in [6, 6.07) is 12.0. The fourth-order valence-electron chi connectivity index (χ4n) is 3.30. The van der Waals surface area contributed by atoms with E-state index in [9.17, 15) is 17.6 Å². The van der Waals surface area contributed by atoms with Crippen molar-refractivity contribution in [2.24, 2.45) is 0 Å². The van der Waals surface area contributed by atoms with Gasteiger partial charge in [-0.05, 0) is 48.5 Å². The molecule has 0 spiro atoms. The van der Waals surface area contributed by atoms with E-state index in [1.165, 1.54) is 35.5 Å². The zero-order valence-electron chi connectivity index (χ0n) is 16.2. The molecule has 154 valence electrons. The maximum Gasteiger partial charge on any atom is 0.243 e. The van der Waals surface area contributed by atoms with Gasteiger partial charge in [0.05, 0.1) is 10.6 Å². The summed E-state index contributed by atoms with van der Waals surface area (Å²) in [7, 11) is -3.69. The summed E-state index contributed by atoms with van der Waals surface area (Å²) < 4.78 is 40.5. The van der Waals surface area contributed by atoms with Crippen LogP contribution in [0.4, 0.5) is 10.1 Å². The van der Waals surface area contributed by atoms with E-state index in [0.717, 1.165) is 11.3 Å². The Hall–Kier alpha value is -3.17. The van der Waals surface area contributed by atoms with Gasteiger partial charge in [0.25, 0.3) is 0 Å². The van der Waals surface area contributed by atoms with Crippen molar-refractivity contribution >= 4 is 21.6 Å². The summed E-state index contributed by atoms with van der Waals surface area (Å²) in [4.78, 5) is 20.2. The third-order valence-electron chi connectivity index (χ3n) is 4.81. The predicted molar refractivity (Wildman–Crippen MR) is 109 cm³/mol. The highest BCUT2D eigenvalue weighted by Gasteiger charge is 2.29. The molecule has 1 N–H and O–H groups in total. The van der Waals surface area contributed by atoms with Crippen LogP contribution in [-0.4, -0.2) is 35.1 Å². The number of nitrogens with zero attached hydrogens (tertiary/aromatic N) is 3. The Bertz CT molecular complexity index is 1200. The van der Waals surface area contributed by atoms with Gasteiger partial charge in [0.15, 0.2) is 5.82 Å². The van der Waals surface area contributed by atoms with Crippen LogP contribution >= 0.6 is 0 Å². The lowest BCUT2D eigenvalue weighted by Crippen LogP contribution is -2.36. The molecule has 2 heterocycles. The van der Waals surface area contributed by atoms with Gasteiger partial charge >= 0.3 is 0 Å². The van der Waals surface area contributed by atoms with Crippen molar-refractivity contribution in [2.45, 2.75) is 24.8 Å². The normalized spacial score (nSPS) is 14.2. The third-order valence-corrected chi connectivity index (χ3v) is 6.67. The summed E-state index contributed by atoms with van der Waals surface area (Å²) >= 11 is 0. The molecule has 1 aliphatic heterocycles. The molecular weight excluding hydrogens is 407 g/mol. The summed E-state index contributed by atoms with van der Waals surface area (Å²) in [6.07, 6.45) is 2.08. The van der Waals surface area contributed by atoms with Gasteiger partial charge in [-0.15, -0.1) is 0 Å². The van der Waals surface area contributed by atoms with Gasteiger partial charge in [-0.2, -0.15) is 4.31 Å². The standard InChI is InChI=1S/C21H19FN4O3S/c1-14(27)24-18-6-8-19(9-7-18)30(28,29)26-11-10-20-16(13-26)12-23-21(25-20)15-2-4-17(22)5-3-15/h2-9,12H,10-11,13H2,1H3,(H,24,27). The molecular formula is C21H19FN4O3S.